The zero-order valence-electron chi connectivity index (χ0n) is 14.3. The van der Waals surface area contributed by atoms with Crippen molar-refractivity contribution in [1.82, 2.24) is 5.16 Å². The molecular formula is C18H21ClN2O2S. The zero-order valence-corrected chi connectivity index (χ0v) is 15.9. The van der Waals surface area contributed by atoms with Crippen molar-refractivity contribution >= 4 is 35.2 Å². The van der Waals surface area contributed by atoms with E-state index in [1.807, 2.05) is 37.3 Å². The Balaban J connectivity index is 1.79. The van der Waals surface area contributed by atoms with Crippen LogP contribution in [0.1, 0.15) is 39.8 Å². The van der Waals surface area contributed by atoms with Gasteiger partial charge in [-0.15, -0.1) is 11.8 Å². The highest BCUT2D eigenvalue weighted by Crippen LogP contribution is 2.42. The van der Waals surface area contributed by atoms with Gasteiger partial charge in [-0.3, -0.25) is 9.69 Å². The maximum Gasteiger partial charge on any atom is 0.245 e. The van der Waals surface area contributed by atoms with Crippen molar-refractivity contribution in [2.75, 3.05) is 11.4 Å². The van der Waals surface area contributed by atoms with Crippen molar-refractivity contribution in [3.8, 4) is 0 Å². The summed E-state index contributed by atoms with van der Waals surface area (Å²) < 4.78 is 4.92. The summed E-state index contributed by atoms with van der Waals surface area (Å²) in [5, 5.41) is 4.81. The van der Waals surface area contributed by atoms with Crippen molar-refractivity contribution in [3.63, 3.8) is 0 Å². The van der Waals surface area contributed by atoms with Crippen LogP contribution in [-0.2, 0) is 10.2 Å². The molecule has 3 rings (SSSR count). The molecule has 24 heavy (non-hydrogen) atoms. The van der Waals surface area contributed by atoms with Crippen LogP contribution in [0.5, 0.6) is 0 Å². The third kappa shape index (κ3) is 3.33. The third-order valence-electron chi connectivity index (χ3n) is 4.20. The Kier molecular flexibility index (Phi) is 4.43. The first kappa shape index (κ1) is 17.4. The van der Waals surface area contributed by atoms with Gasteiger partial charge in [0.2, 0.25) is 11.8 Å². The summed E-state index contributed by atoms with van der Waals surface area (Å²) in [5.41, 5.74) is 0.746. The van der Waals surface area contributed by atoms with Gasteiger partial charge in [-0.05, 0) is 37.6 Å². The standard InChI is InChI=1S/C18H21ClN2O2S/c1-17(2,3)14-11-15(23-20-14)21-10-9-18(4,16(21)22)24-13-7-5-12(19)6-8-13/h5-8,11H,9-10H2,1-4H3/t18-/m1/s1. The van der Waals surface area contributed by atoms with E-state index in [1.54, 1.807) is 16.7 Å². The van der Waals surface area contributed by atoms with Crippen LogP contribution in [0.25, 0.3) is 0 Å². The maximum atomic E-state index is 12.9. The molecule has 1 aliphatic heterocycles. The van der Waals surface area contributed by atoms with E-state index in [-0.39, 0.29) is 11.3 Å². The van der Waals surface area contributed by atoms with Gasteiger partial charge in [0, 0.05) is 27.9 Å². The van der Waals surface area contributed by atoms with Gasteiger partial charge in [0.15, 0.2) is 0 Å². The lowest BCUT2D eigenvalue weighted by molar-refractivity contribution is -0.118. The summed E-state index contributed by atoms with van der Waals surface area (Å²) in [5.74, 6) is 0.587. The summed E-state index contributed by atoms with van der Waals surface area (Å²) in [6.07, 6.45) is 0.755. The van der Waals surface area contributed by atoms with Crippen LogP contribution < -0.4 is 4.90 Å². The monoisotopic (exact) mass is 364 g/mol. The summed E-state index contributed by atoms with van der Waals surface area (Å²) in [6, 6.07) is 9.45. The zero-order chi connectivity index (χ0) is 17.5. The van der Waals surface area contributed by atoms with E-state index in [9.17, 15) is 4.79 Å². The van der Waals surface area contributed by atoms with Gasteiger partial charge < -0.3 is 4.52 Å². The fraction of sp³-hybridized carbons (Fsp3) is 0.444. The molecule has 0 unspecified atom stereocenters. The number of anilines is 1. The number of carbonyl (C=O) groups excluding carboxylic acids is 1. The first-order valence-electron chi connectivity index (χ1n) is 7.93. The van der Waals surface area contributed by atoms with Gasteiger partial charge >= 0.3 is 0 Å². The molecule has 1 fully saturated rings. The van der Waals surface area contributed by atoms with E-state index in [0.717, 1.165) is 17.0 Å². The molecule has 1 amide bonds. The number of carbonyl (C=O) groups is 1. The molecule has 0 radical (unpaired) electrons. The lowest BCUT2D eigenvalue weighted by Gasteiger charge is -2.21. The maximum absolute atomic E-state index is 12.9. The van der Waals surface area contributed by atoms with Gasteiger partial charge in [-0.2, -0.15) is 0 Å². The van der Waals surface area contributed by atoms with E-state index >= 15 is 0 Å². The molecule has 128 valence electrons. The second-order valence-corrected chi connectivity index (χ2v) is 9.31. The van der Waals surface area contributed by atoms with Crippen molar-refractivity contribution in [2.45, 2.75) is 49.2 Å². The highest BCUT2D eigenvalue weighted by atomic mass is 35.5. The van der Waals surface area contributed by atoms with E-state index < -0.39 is 4.75 Å². The Morgan fingerprint density at radius 3 is 2.54 bits per heavy atom. The van der Waals surface area contributed by atoms with E-state index in [2.05, 4.69) is 25.9 Å². The average Bonchev–Trinajstić information content (AvgIpc) is 3.08. The number of hydrogen-bond acceptors (Lipinski definition) is 4. The topological polar surface area (TPSA) is 46.3 Å². The Labute approximate surface area is 151 Å². The van der Waals surface area contributed by atoms with Crippen LogP contribution in [0, 0.1) is 0 Å². The Morgan fingerprint density at radius 1 is 1.29 bits per heavy atom. The van der Waals surface area contributed by atoms with Gasteiger partial charge in [-0.1, -0.05) is 37.5 Å². The summed E-state index contributed by atoms with van der Waals surface area (Å²) in [6.45, 7) is 8.83. The smallest absolute Gasteiger partial charge is 0.245 e. The van der Waals surface area contributed by atoms with Crippen LogP contribution in [0.3, 0.4) is 0 Å². The predicted molar refractivity (Wildman–Crippen MR) is 97.9 cm³/mol. The molecule has 0 aliphatic carbocycles. The molecule has 1 aromatic heterocycles. The Bertz CT molecular complexity index is 751. The van der Waals surface area contributed by atoms with Gasteiger partial charge in [0.25, 0.3) is 0 Å². The van der Waals surface area contributed by atoms with Crippen molar-refractivity contribution in [3.05, 3.63) is 41.0 Å². The van der Waals surface area contributed by atoms with Crippen LogP contribution in [-0.4, -0.2) is 22.4 Å². The number of rotatable bonds is 3. The number of thioether (sulfide) groups is 1. The average molecular weight is 365 g/mol. The molecule has 1 aromatic carbocycles. The molecule has 1 aliphatic rings. The molecule has 0 N–H and O–H groups in total. The van der Waals surface area contributed by atoms with E-state index in [4.69, 9.17) is 16.1 Å². The lowest BCUT2D eigenvalue weighted by Crippen LogP contribution is -2.34. The number of amides is 1. The molecule has 0 saturated carbocycles. The second kappa shape index (κ2) is 6.12. The molecule has 0 bridgehead atoms. The lowest BCUT2D eigenvalue weighted by atomic mass is 9.92. The van der Waals surface area contributed by atoms with Gasteiger partial charge in [-0.25, -0.2) is 0 Å². The normalized spacial score (nSPS) is 21.5. The molecule has 1 saturated heterocycles. The first-order valence-corrected chi connectivity index (χ1v) is 9.12. The second-order valence-electron chi connectivity index (χ2n) is 7.29. The highest BCUT2D eigenvalue weighted by Gasteiger charge is 2.45. The molecule has 1 atom stereocenters. The number of benzene rings is 1. The fourth-order valence-corrected chi connectivity index (χ4v) is 3.94. The fourth-order valence-electron chi connectivity index (χ4n) is 2.63. The largest absolute Gasteiger partial charge is 0.338 e. The molecule has 2 aromatic rings. The molecule has 0 spiro atoms. The first-order chi connectivity index (χ1) is 11.2. The minimum atomic E-state index is -0.511. The Hall–Kier alpha value is -1.46. The summed E-state index contributed by atoms with van der Waals surface area (Å²) >= 11 is 7.50. The molecule has 6 heteroatoms. The van der Waals surface area contributed by atoms with Gasteiger partial charge in [0.05, 0.1) is 10.4 Å². The number of hydrogen-bond donors (Lipinski definition) is 0. The summed E-state index contributed by atoms with van der Waals surface area (Å²) in [7, 11) is 0. The quantitative estimate of drug-likeness (QED) is 0.776. The van der Waals surface area contributed by atoms with Crippen LogP contribution >= 0.6 is 23.4 Å². The molecule has 4 nitrogen and oxygen atoms in total. The van der Waals surface area contributed by atoms with Crippen LogP contribution in [0.15, 0.2) is 39.8 Å². The Morgan fingerprint density at radius 2 is 1.96 bits per heavy atom. The molecule has 2 heterocycles. The van der Waals surface area contributed by atoms with Crippen molar-refractivity contribution in [1.29, 1.82) is 0 Å². The van der Waals surface area contributed by atoms with Crippen LogP contribution in [0.4, 0.5) is 5.88 Å². The molecular weight excluding hydrogens is 344 g/mol. The summed E-state index contributed by atoms with van der Waals surface area (Å²) in [4.78, 5) is 15.7. The minimum Gasteiger partial charge on any atom is -0.338 e. The van der Waals surface area contributed by atoms with Gasteiger partial charge in [0.1, 0.15) is 0 Å². The number of halogens is 1. The highest BCUT2D eigenvalue weighted by molar-refractivity contribution is 8.01. The predicted octanol–water partition coefficient (Wildman–Crippen LogP) is 4.91. The minimum absolute atomic E-state index is 0.0547. The number of nitrogens with zero attached hydrogens (tertiary/aromatic N) is 2. The van der Waals surface area contributed by atoms with Crippen LogP contribution in [0.2, 0.25) is 5.02 Å². The third-order valence-corrected chi connectivity index (χ3v) is 5.79. The van der Waals surface area contributed by atoms with Crippen molar-refractivity contribution < 1.29 is 9.32 Å². The SMILES string of the molecule is CC(C)(C)c1cc(N2CC[C@@](C)(Sc3ccc(Cl)cc3)C2=O)on1. The van der Waals surface area contributed by atoms with Crippen molar-refractivity contribution in [2.24, 2.45) is 0 Å². The van der Waals surface area contributed by atoms with E-state index in [1.165, 1.54) is 0 Å². The number of aromatic nitrogens is 1. The van der Waals surface area contributed by atoms with E-state index in [0.29, 0.717) is 17.5 Å².